The predicted octanol–water partition coefficient (Wildman–Crippen LogP) is 3.44. The van der Waals surface area contributed by atoms with Gasteiger partial charge < -0.3 is 5.32 Å². The van der Waals surface area contributed by atoms with Crippen molar-refractivity contribution >= 4 is 11.6 Å². The highest BCUT2D eigenvalue weighted by molar-refractivity contribution is 6.30. The Morgan fingerprint density at radius 1 is 1.47 bits per heavy atom. The lowest BCUT2D eigenvalue weighted by Crippen LogP contribution is -2.54. The molecule has 1 aromatic rings. The third kappa shape index (κ3) is 3.68. The highest BCUT2D eigenvalue weighted by Gasteiger charge is 2.25. The van der Waals surface area contributed by atoms with E-state index in [1.54, 1.807) is 6.07 Å². The molecule has 2 unspecified atom stereocenters. The molecular weight excluding hydrogens is 263 g/mol. The van der Waals surface area contributed by atoms with Crippen molar-refractivity contribution in [3.8, 4) is 0 Å². The van der Waals surface area contributed by atoms with Crippen molar-refractivity contribution in [2.75, 3.05) is 13.1 Å². The summed E-state index contributed by atoms with van der Waals surface area (Å²) >= 11 is 5.85. The van der Waals surface area contributed by atoms with Crippen LogP contribution in [0.2, 0.25) is 5.02 Å². The molecule has 4 heteroatoms. The van der Waals surface area contributed by atoms with Crippen LogP contribution in [-0.2, 0) is 6.54 Å². The van der Waals surface area contributed by atoms with Gasteiger partial charge in [-0.2, -0.15) is 0 Å². The molecule has 0 aliphatic carbocycles. The molecule has 19 heavy (non-hydrogen) atoms. The van der Waals surface area contributed by atoms with E-state index >= 15 is 0 Å². The third-order valence-corrected chi connectivity index (χ3v) is 4.05. The van der Waals surface area contributed by atoms with Crippen molar-refractivity contribution in [3.63, 3.8) is 0 Å². The monoisotopic (exact) mass is 284 g/mol. The first-order valence-corrected chi connectivity index (χ1v) is 7.40. The van der Waals surface area contributed by atoms with E-state index in [0.717, 1.165) is 25.9 Å². The van der Waals surface area contributed by atoms with Gasteiger partial charge in [0.1, 0.15) is 5.82 Å². The Bertz CT molecular complexity index is 425. The average Bonchev–Trinajstić information content (AvgIpc) is 2.38. The molecule has 0 radical (unpaired) electrons. The van der Waals surface area contributed by atoms with Gasteiger partial charge in [-0.15, -0.1) is 0 Å². The fourth-order valence-electron chi connectivity index (χ4n) is 2.73. The van der Waals surface area contributed by atoms with Crippen LogP contribution in [0.3, 0.4) is 0 Å². The smallest absolute Gasteiger partial charge is 0.146 e. The summed E-state index contributed by atoms with van der Waals surface area (Å²) in [5, 5.41) is 3.71. The SMILES string of the molecule is CCCC1CNC(C)CN1Cc1cccc(Cl)c1F. The minimum atomic E-state index is -0.273. The zero-order chi connectivity index (χ0) is 13.8. The maximum atomic E-state index is 14.0. The molecule has 2 nitrogen and oxygen atoms in total. The Morgan fingerprint density at radius 3 is 3.00 bits per heavy atom. The fraction of sp³-hybridized carbons (Fsp3) is 0.600. The van der Waals surface area contributed by atoms with Crippen LogP contribution in [0.15, 0.2) is 18.2 Å². The Kier molecular flexibility index (Phi) is 5.20. The third-order valence-electron chi connectivity index (χ3n) is 3.75. The molecular formula is C15H22ClFN2. The predicted molar refractivity (Wildman–Crippen MR) is 78.0 cm³/mol. The minimum Gasteiger partial charge on any atom is -0.311 e. The number of halogens is 2. The first-order chi connectivity index (χ1) is 9.11. The van der Waals surface area contributed by atoms with Crippen molar-refractivity contribution in [2.24, 2.45) is 0 Å². The van der Waals surface area contributed by atoms with E-state index in [2.05, 4.69) is 24.1 Å². The van der Waals surface area contributed by atoms with Gasteiger partial charge in [0.2, 0.25) is 0 Å². The summed E-state index contributed by atoms with van der Waals surface area (Å²) in [6.45, 7) is 6.94. The van der Waals surface area contributed by atoms with Crippen LogP contribution in [0.25, 0.3) is 0 Å². The lowest BCUT2D eigenvalue weighted by molar-refractivity contribution is 0.119. The molecule has 0 spiro atoms. The molecule has 0 saturated carbocycles. The van der Waals surface area contributed by atoms with Crippen LogP contribution in [0.5, 0.6) is 0 Å². The van der Waals surface area contributed by atoms with E-state index in [1.165, 1.54) is 0 Å². The van der Waals surface area contributed by atoms with Crippen LogP contribution >= 0.6 is 11.6 Å². The van der Waals surface area contributed by atoms with Gasteiger partial charge in [0.25, 0.3) is 0 Å². The molecule has 1 N–H and O–H groups in total. The molecule has 1 heterocycles. The summed E-state index contributed by atoms with van der Waals surface area (Å²) in [5.74, 6) is -0.273. The second kappa shape index (κ2) is 6.69. The van der Waals surface area contributed by atoms with Gasteiger partial charge in [0.05, 0.1) is 5.02 Å². The van der Waals surface area contributed by atoms with Crippen molar-refractivity contribution in [2.45, 2.75) is 45.3 Å². The summed E-state index contributed by atoms with van der Waals surface area (Å²) in [6, 6.07) is 6.19. The molecule has 1 aliphatic heterocycles. The normalized spacial score (nSPS) is 24.6. The van der Waals surface area contributed by atoms with E-state index in [0.29, 0.717) is 24.2 Å². The lowest BCUT2D eigenvalue weighted by atomic mass is 10.0. The zero-order valence-corrected chi connectivity index (χ0v) is 12.4. The van der Waals surface area contributed by atoms with Gasteiger partial charge in [-0.3, -0.25) is 4.90 Å². The lowest BCUT2D eigenvalue weighted by Gasteiger charge is -2.39. The molecule has 1 aliphatic rings. The zero-order valence-electron chi connectivity index (χ0n) is 11.6. The van der Waals surface area contributed by atoms with Gasteiger partial charge in [-0.05, 0) is 19.4 Å². The molecule has 0 bridgehead atoms. The second-order valence-corrected chi connectivity index (χ2v) is 5.80. The molecule has 106 valence electrons. The maximum absolute atomic E-state index is 14.0. The Labute approximate surface area is 119 Å². The maximum Gasteiger partial charge on any atom is 0.146 e. The van der Waals surface area contributed by atoms with Crippen LogP contribution in [0.1, 0.15) is 32.3 Å². The van der Waals surface area contributed by atoms with E-state index < -0.39 is 0 Å². The van der Waals surface area contributed by atoms with Crippen molar-refractivity contribution < 1.29 is 4.39 Å². The molecule has 1 aromatic carbocycles. The molecule has 1 saturated heterocycles. The highest BCUT2D eigenvalue weighted by atomic mass is 35.5. The number of piperazine rings is 1. The summed E-state index contributed by atoms with van der Waals surface area (Å²) in [5.41, 5.74) is 0.697. The number of hydrogen-bond acceptors (Lipinski definition) is 2. The molecule has 0 amide bonds. The molecule has 1 fully saturated rings. The number of nitrogens with zero attached hydrogens (tertiary/aromatic N) is 1. The quantitative estimate of drug-likeness (QED) is 0.911. The minimum absolute atomic E-state index is 0.215. The average molecular weight is 285 g/mol. The first-order valence-electron chi connectivity index (χ1n) is 7.02. The highest BCUT2D eigenvalue weighted by Crippen LogP contribution is 2.22. The Morgan fingerprint density at radius 2 is 2.26 bits per heavy atom. The number of benzene rings is 1. The van der Waals surface area contributed by atoms with Crippen molar-refractivity contribution in [3.05, 3.63) is 34.6 Å². The van der Waals surface area contributed by atoms with E-state index in [-0.39, 0.29) is 10.8 Å². The molecule has 2 atom stereocenters. The van der Waals surface area contributed by atoms with Crippen LogP contribution in [0.4, 0.5) is 4.39 Å². The van der Waals surface area contributed by atoms with Crippen molar-refractivity contribution in [1.29, 1.82) is 0 Å². The van der Waals surface area contributed by atoms with E-state index in [4.69, 9.17) is 11.6 Å². The number of hydrogen-bond donors (Lipinski definition) is 1. The summed E-state index contributed by atoms with van der Waals surface area (Å²) in [6.07, 6.45) is 2.29. The summed E-state index contributed by atoms with van der Waals surface area (Å²) in [7, 11) is 0. The first kappa shape index (κ1) is 14.8. The number of nitrogens with one attached hydrogen (secondary N) is 1. The van der Waals surface area contributed by atoms with Crippen LogP contribution in [-0.4, -0.2) is 30.1 Å². The topological polar surface area (TPSA) is 15.3 Å². The van der Waals surface area contributed by atoms with Gasteiger partial charge in [0, 0.05) is 37.3 Å². The van der Waals surface area contributed by atoms with E-state index in [1.807, 2.05) is 12.1 Å². The van der Waals surface area contributed by atoms with Crippen LogP contribution in [0, 0.1) is 5.82 Å². The summed E-state index contributed by atoms with van der Waals surface area (Å²) < 4.78 is 14.0. The van der Waals surface area contributed by atoms with Gasteiger partial charge >= 0.3 is 0 Å². The van der Waals surface area contributed by atoms with Crippen LogP contribution < -0.4 is 5.32 Å². The molecule has 2 rings (SSSR count). The standard InChI is InChI=1S/C15H22ClFN2/c1-3-5-13-8-18-11(2)9-19(13)10-12-6-4-7-14(16)15(12)17/h4,6-7,11,13,18H,3,5,8-10H2,1-2H3. The van der Waals surface area contributed by atoms with E-state index in [9.17, 15) is 4.39 Å². The van der Waals surface area contributed by atoms with Gasteiger partial charge in [-0.1, -0.05) is 37.1 Å². The number of rotatable bonds is 4. The van der Waals surface area contributed by atoms with Gasteiger partial charge in [-0.25, -0.2) is 4.39 Å². The Balaban J connectivity index is 2.11. The fourth-order valence-corrected chi connectivity index (χ4v) is 2.93. The molecule has 0 aromatic heterocycles. The van der Waals surface area contributed by atoms with Gasteiger partial charge in [0.15, 0.2) is 0 Å². The van der Waals surface area contributed by atoms with Crippen molar-refractivity contribution in [1.82, 2.24) is 10.2 Å². The largest absolute Gasteiger partial charge is 0.311 e. The Hall–Kier alpha value is -0.640. The second-order valence-electron chi connectivity index (χ2n) is 5.39. The summed E-state index contributed by atoms with van der Waals surface area (Å²) in [4.78, 5) is 2.37.